The molecule has 18 heavy (non-hydrogen) atoms. The van der Waals surface area contributed by atoms with Crippen LogP contribution in [0.5, 0.6) is 5.75 Å². The van der Waals surface area contributed by atoms with E-state index in [9.17, 15) is 0 Å². The van der Waals surface area contributed by atoms with Crippen LogP contribution in [0, 0.1) is 27.7 Å². The third kappa shape index (κ3) is 2.92. The molecule has 0 saturated carbocycles. The summed E-state index contributed by atoms with van der Waals surface area (Å²) in [6.07, 6.45) is 0. The van der Waals surface area contributed by atoms with Crippen molar-refractivity contribution in [3.63, 3.8) is 0 Å². The maximum Gasteiger partial charge on any atom is 0.119 e. The molecule has 0 aromatic heterocycles. The number of rotatable bonds is 3. The van der Waals surface area contributed by atoms with Crippen LogP contribution in [0.25, 0.3) is 0 Å². The molecule has 2 rings (SSSR count). The van der Waals surface area contributed by atoms with E-state index in [1.807, 2.05) is 12.1 Å². The van der Waals surface area contributed by atoms with Gasteiger partial charge in [-0.3, -0.25) is 0 Å². The largest absolute Gasteiger partial charge is 0.489 e. The quantitative estimate of drug-likeness (QED) is 0.767. The van der Waals surface area contributed by atoms with Crippen molar-refractivity contribution in [3.05, 3.63) is 64.2 Å². The molecular weight excluding hydrogens is 220 g/mol. The van der Waals surface area contributed by atoms with Crippen LogP contribution in [0.15, 0.2) is 36.4 Å². The van der Waals surface area contributed by atoms with E-state index in [4.69, 9.17) is 4.74 Å². The van der Waals surface area contributed by atoms with E-state index < -0.39 is 0 Å². The van der Waals surface area contributed by atoms with E-state index in [0.717, 1.165) is 5.75 Å². The van der Waals surface area contributed by atoms with E-state index in [-0.39, 0.29) is 0 Å². The summed E-state index contributed by atoms with van der Waals surface area (Å²) in [5.41, 5.74) is 6.47. The predicted octanol–water partition coefficient (Wildman–Crippen LogP) is 4.50. The second-order valence-corrected chi connectivity index (χ2v) is 4.98. The lowest BCUT2D eigenvalue weighted by Gasteiger charge is -2.12. The van der Waals surface area contributed by atoms with Gasteiger partial charge in [-0.15, -0.1) is 0 Å². The minimum absolute atomic E-state index is 0.640. The lowest BCUT2D eigenvalue weighted by atomic mass is 10.0. The SMILES string of the molecule is Cc1ccc(OCc2c(C)cc(C)cc2C)cc1. The molecule has 0 aliphatic rings. The summed E-state index contributed by atoms with van der Waals surface area (Å²) < 4.78 is 5.85. The van der Waals surface area contributed by atoms with Gasteiger partial charge in [-0.05, 0) is 56.5 Å². The first-order valence-electron chi connectivity index (χ1n) is 6.32. The van der Waals surface area contributed by atoms with Crippen LogP contribution in [-0.4, -0.2) is 0 Å². The highest BCUT2D eigenvalue weighted by atomic mass is 16.5. The molecule has 0 radical (unpaired) electrons. The molecule has 0 N–H and O–H groups in total. The van der Waals surface area contributed by atoms with Gasteiger partial charge in [0.05, 0.1) is 0 Å². The van der Waals surface area contributed by atoms with Gasteiger partial charge < -0.3 is 4.74 Å². The van der Waals surface area contributed by atoms with Crippen LogP contribution in [0.2, 0.25) is 0 Å². The van der Waals surface area contributed by atoms with Gasteiger partial charge in [-0.2, -0.15) is 0 Å². The number of hydrogen-bond donors (Lipinski definition) is 0. The van der Waals surface area contributed by atoms with Crippen LogP contribution < -0.4 is 4.74 Å². The molecule has 0 unspecified atom stereocenters. The van der Waals surface area contributed by atoms with Crippen molar-refractivity contribution in [1.29, 1.82) is 0 Å². The maximum atomic E-state index is 5.85. The van der Waals surface area contributed by atoms with Crippen molar-refractivity contribution < 1.29 is 4.74 Å². The number of benzene rings is 2. The normalized spacial score (nSPS) is 10.4. The molecule has 2 aromatic carbocycles. The van der Waals surface area contributed by atoms with Gasteiger partial charge in [0.2, 0.25) is 0 Å². The Bertz CT molecular complexity index is 515. The average molecular weight is 240 g/mol. The van der Waals surface area contributed by atoms with E-state index in [2.05, 4.69) is 52.0 Å². The van der Waals surface area contributed by atoms with E-state index in [1.54, 1.807) is 0 Å². The predicted molar refractivity (Wildman–Crippen MR) is 76.2 cm³/mol. The molecule has 0 heterocycles. The number of hydrogen-bond acceptors (Lipinski definition) is 1. The first-order valence-corrected chi connectivity index (χ1v) is 6.32. The van der Waals surface area contributed by atoms with Gasteiger partial charge in [0, 0.05) is 0 Å². The molecular formula is C17H20O. The summed E-state index contributed by atoms with van der Waals surface area (Å²) in [4.78, 5) is 0. The summed E-state index contributed by atoms with van der Waals surface area (Å²) in [6, 6.07) is 12.6. The minimum atomic E-state index is 0.640. The van der Waals surface area contributed by atoms with Crippen molar-refractivity contribution in [2.24, 2.45) is 0 Å². The zero-order valence-corrected chi connectivity index (χ0v) is 11.6. The molecule has 0 spiro atoms. The molecule has 2 aromatic rings. The first kappa shape index (κ1) is 12.7. The van der Waals surface area contributed by atoms with Crippen molar-refractivity contribution in [1.82, 2.24) is 0 Å². The fourth-order valence-corrected chi connectivity index (χ4v) is 2.23. The molecule has 0 aliphatic carbocycles. The fraction of sp³-hybridized carbons (Fsp3) is 0.294. The lowest BCUT2D eigenvalue weighted by molar-refractivity contribution is 0.304. The van der Waals surface area contributed by atoms with Crippen molar-refractivity contribution >= 4 is 0 Å². The van der Waals surface area contributed by atoms with Crippen molar-refractivity contribution in [3.8, 4) is 5.75 Å². The molecule has 0 fully saturated rings. The molecule has 1 heteroatoms. The monoisotopic (exact) mass is 240 g/mol. The second-order valence-electron chi connectivity index (χ2n) is 4.98. The zero-order valence-electron chi connectivity index (χ0n) is 11.6. The van der Waals surface area contributed by atoms with E-state index in [1.165, 1.54) is 27.8 Å². The van der Waals surface area contributed by atoms with E-state index in [0.29, 0.717) is 6.61 Å². The summed E-state index contributed by atoms with van der Waals surface area (Å²) in [7, 11) is 0. The first-order chi connectivity index (χ1) is 8.56. The van der Waals surface area contributed by atoms with Gasteiger partial charge >= 0.3 is 0 Å². The molecule has 0 amide bonds. The minimum Gasteiger partial charge on any atom is -0.489 e. The van der Waals surface area contributed by atoms with Crippen LogP contribution in [0.4, 0.5) is 0 Å². The highest BCUT2D eigenvalue weighted by Gasteiger charge is 2.04. The van der Waals surface area contributed by atoms with Crippen molar-refractivity contribution in [2.45, 2.75) is 34.3 Å². The zero-order chi connectivity index (χ0) is 13.1. The Morgan fingerprint density at radius 2 is 1.33 bits per heavy atom. The Labute approximate surface area is 109 Å². The van der Waals surface area contributed by atoms with Gasteiger partial charge in [0.25, 0.3) is 0 Å². The molecule has 0 aliphatic heterocycles. The van der Waals surface area contributed by atoms with Gasteiger partial charge in [-0.1, -0.05) is 35.4 Å². The summed E-state index contributed by atoms with van der Waals surface area (Å²) in [5.74, 6) is 0.931. The Morgan fingerprint density at radius 3 is 1.89 bits per heavy atom. The third-order valence-corrected chi connectivity index (χ3v) is 3.24. The maximum absolute atomic E-state index is 5.85. The topological polar surface area (TPSA) is 9.23 Å². The van der Waals surface area contributed by atoms with E-state index >= 15 is 0 Å². The molecule has 0 saturated heterocycles. The summed E-state index contributed by atoms with van der Waals surface area (Å²) in [5, 5.41) is 0. The Balaban J connectivity index is 2.13. The third-order valence-electron chi connectivity index (χ3n) is 3.24. The Kier molecular flexibility index (Phi) is 3.71. The highest BCUT2D eigenvalue weighted by molar-refractivity contribution is 5.37. The van der Waals surface area contributed by atoms with Crippen LogP contribution >= 0.6 is 0 Å². The van der Waals surface area contributed by atoms with Gasteiger partial charge in [0.15, 0.2) is 0 Å². The van der Waals surface area contributed by atoms with Gasteiger partial charge in [-0.25, -0.2) is 0 Å². The van der Waals surface area contributed by atoms with Crippen LogP contribution in [-0.2, 0) is 6.61 Å². The molecule has 0 bridgehead atoms. The summed E-state index contributed by atoms with van der Waals surface area (Å²) >= 11 is 0. The van der Waals surface area contributed by atoms with Crippen LogP contribution in [0.1, 0.15) is 27.8 Å². The number of aryl methyl sites for hydroxylation is 4. The molecule has 1 nitrogen and oxygen atoms in total. The number of ether oxygens (including phenoxy) is 1. The van der Waals surface area contributed by atoms with Crippen molar-refractivity contribution in [2.75, 3.05) is 0 Å². The highest BCUT2D eigenvalue weighted by Crippen LogP contribution is 2.19. The lowest BCUT2D eigenvalue weighted by Crippen LogP contribution is -2.01. The Morgan fingerprint density at radius 1 is 0.778 bits per heavy atom. The summed E-state index contributed by atoms with van der Waals surface area (Å²) in [6.45, 7) is 9.14. The van der Waals surface area contributed by atoms with Gasteiger partial charge in [0.1, 0.15) is 12.4 Å². The smallest absolute Gasteiger partial charge is 0.119 e. The Hall–Kier alpha value is -1.76. The second kappa shape index (κ2) is 5.26. The fourth-order valence-electron chi connectivity index (χ4n) is 2.23. The van der Waals surface area contributed by atoms with Crippen LogP contribution in [0.3, 0.4) is 0 Å². The molecule has 94 valence electrons. The standard InChI is InChI=1S/C17H20O/c1-12-5-7-16(8-6-12)18-11-17-14(3)9-13(2)10-15(17)4/h5-10H,11H2,1-4H3. The molecule has 0 atom stereocenters. The average Bonchev–Trinajstić information content (AvgIpc) is 2.30.